The molecule has 1 aliphatic heterocycles. The molecule has 1 amide bonds. The Morgan fingerprint density at radius 3 is 2.52 bits per heavy atom. The summed E-state index contributed by atoms with van der Waals surface area (Å²) in [5.41, 5.74) is 1.68. The Morgan fingerprint density at radius 2 is 1.82 bits per heavy atom. The summed E-state index contributed by atoms with van der Waals surface area (Å²) in [4.78, 5) is 29.4. The second-order valence-corrected chi connectivity index (χ2v) is 8.81. The van der Waals surface area contributed by atoms with Gasteiger partial charge in [0.2, 0.25) is 0 Å². The fraction of sp³-hybridized carbons (Fsp3) is 0.240. The predicted molar refractivity (Wildman–Crippen MR) is 129 cm³/mol. The molecule has 1 unspecified atom stereocenters. The van der Waals surface area contributed by atoms with Crippen LogP contribution in [0.15, 0.2) is 66.9 Å². The highest BCUT2D eigenvalue weighted by Gasteiger charge is 2.37. The first-order valence-electron chi connectivity index (χ1n) is 10.9. The molecule has 0 saturated carbocycles. The van der Waals surface area contributed by atoms with Crippen LogP contribution in [0.1, 0.15) is 12.5 Å². The quantitative estimate of drug-likeness (QED) is 0.482. The van der Waals surface area contributed by atoms with Crippen LogP contribution in [-0.2, 0) is 10.4 Å². The first-order valence-corrected chi connectivity index (χ1v) is 11.2. The van der Waals surface area contributed by atoms with Gasteiger partial charge in [-0.3, -0.25) is 4.79 Å². The van der Waals surface area contributed by atoms with Crippen molar-refractivity contribution in [2.45, 2.75) is 12.5 Å². The van der Waals surface area contributed by atoms with Gasteiger partial charge in [-0.1, -0.05) is 41.9 Å². The number of rotatable bonds is 4. The zero-order chi connectivity index (χ0) is 23.0. The number of nitrogens with zero attached hydrogens (tertiary/aromatic N) is 4. The number of fused-ring (bicyclic) bond motifs is 1. The Morgan fingerprint density at radius 1 is 1.06 bits per heavy atom. The van der Waals surface area contributed by atoms with E-state index >= 15 is 0 Å². The number of aromatic nitrogens is 3. The van der Waals surface area contributed by atoms with E-state index in [1.165, 1.54) is 0 Å². The molecule has 0 radical (unpaired) electrons. The highest BCUT2D eigenvalue weighted by atomic mass is 35.5. The van der Waals surface area contributed by atoms with Crippen molar-refractivity contribution in [3.63, 3.8) is 0 Å². The van der Waals surface area contributed by atoms with E-state index in [0.29, 0.717) is 36.8 Å². The first-order chi connectivity index (χ1) is 15.9. The van der Waals surface area contributed by atoms with E-state index in [1.807, 2.05) is 48.5 Å². The molecule has 1 atom stereocenters. The molecular weight excluding hydrogens is 438 g/mol. The molecule has 7 nitrogen and oxygen atoms in total. The number of aromatic amines is 1. The number of H-pyrrole nitrogens is 1. The summed E-state index contributed by atoms with van der Waals surface area (Å²) >= 11 is 6.06. The maximum Gasteiger partial charge on any atom is 0.259 e. The van der Waals surface area contributed by atoms with Gasteiger partial charge in [-0.25, -0.2) is 9.97 Å². The zero-order valence-corrected chi connectivity index (χ0v) is 19.0. The van der Waals surface area contributed by atoms with E-state index in [4.69, 9.17) is 11.6 Å². The number of halogens is 1. The van der Waals surface area contributed by atoms with Crippen LogP contribution in [0.25, 0.3) is 22.4 Å². The average molecular weight is 462 g/mol. The fourth-order valence-corrected chi connectivity index (χ4v) is 4.33. The minimum Gasteiger partial charge on any atom is -0.376 e. The molecule has 168 valence electrons. The summed E-state index contributed by atoms with van der Waals surface area (Å²) in [6, 6.07) is 18.6. The molecule has 5 rings (SSSR count). The Bertz CT molecular complexity index is 1280. The Labute approximate surface area is 196 Å². The van der Waals surface area contributed by atoms with Gasteiger partial charge in [-0.05, 0) is 42.8 Å². The lowest BCUT2D eigenvalue weighted by Gasteiger charge is -2.38. The predicted octanol–water partition coefficient (Wildman–Crippen LogP) is 3.83. The van der Waals surface area contributed by atoms with Gasteiger partial charge in [0.15, 0.2) is 5.60 Å². The van der Waals surface area contributed by atoms with Gasteiger partial charge in [-0.15, -0.1) is 0 Å². The van der Waals surface area contributed by atoms with Crippen LogP contribution in [0.3, 0.4) is 0 Å². The van der Waals surface area contributed by atoms with Crippen molar-refractivity contribution >= 4 is 34.4 Å². The fourth-order valence-electron chi connectivity index (χ4n) is 4.16. The van der Waals surface area contributed by atoms with Crippen molar-refractivity contribution in [1.29, 1.82) is 0 Å². The molecule has 8 heteroatoms. The SMILES string of the molecule is CC(O)(C(=O)N1CCN(c2ccc(-c3nc4cc(Cl)ccc4[nH]3)cn2)CC1)c1ccccc1. The summed E-state index contributed by atoms with van der Waals surface area (Å²) in [5, 5.41) is 11.5. The lowest BCUT2D eigenvalue weighted by Crippen LogP contribution is -2.54. The third-order valence-electron chi connectivity index (χ3n) is 6.11. The second-order valence-electron chi connectivity index (χ2n) is 8.37. The molecule has 0 spiro atoms. The summed E-state index contributed by atoms with van der Waals surface area (Å²) in [5.74, 6) is 1.31. The van der Waals surface area contributed by atoms with Gasteiger partial charge in [0.1, 0.15) is 11.6 Å². The minimum absolute atomic E-state index is 0.276. The Balaban J connectivity index is 1.25. The molecule has 4 aromatic rings. The molecule has 2 N–H and O–H groups in total. The van der Waals surface area contributed by atoms with Gasteiger partial charge in [-0.2, -0.15) is 0 Å². The number of piperazine rings is 1. The van der Waals surface area contributed by atoms with Crippen LogP contribution >= 0.6 is 11.6 Å². The van der Waals surface area contributed by atoms with Crippen LogP contribution < -0.4 is 4.90 Å². The van der Waals surface area contributed by atoms with E-state index in [2.05, 4.69) is 19.9 Å². The number of hydrogen-bond acceptors (Lipinski definition) is 5. The summed E-state index contributed by atoms with van der Waals surface area (Å²) in [6.07, 6.45) is 1.80. The van der Waals surface area contributed by atoms with E-state index < -0.39 is 5.60 Å². The van der Waals surface area contributed by atoms with E-state index in [1.54, 1.807) is 30.2 Å². The Kier molecular flexibility index (Phi) is 5.52. The van der Waals surface area contributed by atoms with Gasteiger partial charge in [0, 0.05) is 43.0 Å². The molecule has 1 aliphatic rings. The van der Waals surface area contributed by atoms with Crippen LogP contribution in [0, 0.1) is 0 Å². The van der Waals surface area contributed by atoms with Crippen molar-refractivity contribution in [2.75, 3.05) is 31.1 Å². The third-order valence-corrected chi connectivity index (χ3v) is 6.34. The lowest BCUT2D eigenvalue weighted by atomic mass is 9.94. The number of pyridine rings is 1. The van der Waals surface area contributed by atoms with Gasteiger partial charge >= 0.3 is 0 Å². The third kappa shape index (κ3) is 4.17. The molecule has 0 bridgehead atoms. The molecule has 0 aliphatic carbocycles. The largest absolute Gasteiger partial charge is 0.376 e. The van der Waals surface area contributed by atoms with Crippen molar-refractivity contribution in [3.05, 3.63) is 77.4 Å². The topological polar surface area (TPSA) is 85.4 Å². The monoisotopic (exact) mass is 461 g/mol. The summed E-state index contributed by atoms with van der Waals surface area (Å²) < 4.78 is 0. The molecule has 2 aromatic heterocycles. The van der Waals surface area contributed by atoms with E-state index in [0.717, 1.165) is 28.2 Å². The average Bonchev–Trinajstić information content (AvgIpc) is 3.27. The Hall–Kier alpha value is -3.42. The smallest absolute Gasteiger partial charge is 0.259 e. The van der Waals surface area contributed by atoms with Gasteiger partial charge < -0.3 is 19.9 Å². The number of carbonyl (C=O) groups excluding carboxylic acids is 1. The summed E-state index contributed by atoms with van der Waals surface area (Å²) in [7, 11) is 0. The highest BCUT2D eigenvalue weighted by Crippen LogP contribution is 2.26. The number of anilines is 1. The second kappa shape index (κ2) is 8.50. The van der Waals surface area contributed by atoms with Gasteiger partial charge in [0.05, 0.1) is 11.0 Å². The minimum atomic E-state index is -1.54. The molecule has 1 fully saturated rings. The normalized spacial score (nSPS) is 16.1. The molecule has 3 heterocycles. The number of aliphatic hydroxyl groups is 1. The maximum atomic E-state index is 13.0. The van der Waals surface area contributed by atoms with E-state index in [-0.39, 0.29) is 5.91 Å². The zero-order valence-electron chi connectivity index (χ0n) is 18.2. The standard InChI is InChI=1S/C25H24ClN5O2/c1-25(33,18-5-3-2-4-6-18)24(32)31-13-11-30(12-14-31)22-10-7-17(16-27-22)23-28-20-9-8-19(26)15-21(20)29-23/h2-10,15-16,33H,11-14H2,1H3,(H,28,29). The maximum absolute atomic E-state index is 13.0. The van der Waals surface area contributed by atoms with Crippen LogP contribution in [0.2, 0.25) is 5.02 Å². The molecule has 2 aromatic carbocycles. The number of nitrogens with one attached hydrogen (secondary N) is 1. The first kappa shape index (κ1) is 21.4. The van der Waals surface area contributed by atoms with Crippen molar-refractivity contribution < 1.29 is 9.90 Å². The summed E-state index contributed by atoms with van der Waals surface area (Å²) in [6.45, 7) is 3.90. The van der Waals surface area contributed by atoms with Crippen LogP contribution in [-0.4, -0.2) is 57.0 Å². The van der Waals surface area contributed by atoms with E-state index in [9.17, 15) is 9.90 Å². The number of hydrogen-bond donors (Lipinski definition) is 2. The van der Waals surface area contributed by atoms with Gasteiger partial charge in [0.25, 0.3) is 5.91 Å². The van der Waals surface area contributed by atoms with Crippen molar-refractivity contribution in [3.8, 4) is 11.4 Å². The number of amides is 1. The highest BCUT2D eigenvalue weighted by molar-refractivity contribution is 6.31. The lowest BCUT2D eigenvalue weighted by molar-refractivity contribution is -0.150. The molecule has 33 heavy (non-hydrogen) atoms. The number of carbonyl (C=O) groups is 1. The van der Waals surface area contributed by atoms with Crippen molar-refractivity contribution in [2.24, 2.45) is 0 Å². The molecule has 1 saturated heterocycles. The van der Waals surface area contributed by atoms with Crippen molar-refractivity contribution in [1.82, 2.24) is 19.9 Å². The number of imidazole rings is 1. The molecular formula is C25H24ClN5O2. The number of benzene rings is 2. The van der Waals surface area contributed by atoms with Crippen LogP contribution in [0.4, 0.5) is 5.82 Å². The van der Waals surface area contributed by atoms with Crippen LogP contribution in [0.5, 0.6) is 0 Å².